The third-order valence-electron chi connectivity index (χ3n) is 3.79. The molecule has 0 aliphatic carbocycles. The van der Waals surface area contributed by atoms with Crippen LogP contribution in [-0.2, 0) is 0 Å². The largest absolute Gasteiger partial charge is 0.338 e. The number of carbonyl (C=O) groups excluding carboxylic acids is 1. The number of piperidine rings is 1. The zero-order valence-electron chi connectivity index (χ0n) is 12.1. The van der Waals surface area contributed by atoms with Gasteiger partial charge in [0.05, 0.1) is 0 Å². The highest BCUT2D eigenvalue weighted by Crippen LogP contribution is 2.17. The monoisotopic (exact) mass is 386 g/mol. The maximum Gasteiger partial charge on any atom is 0.253 e. The van der Waals surface area contributed by atoms with Gasteiger partial charge in [0.1, 0.15) is 0 Å². The normalized spacial score (nSPS) is 16.1. The van der Waals surface area contributed by atoms with E-state index < -0.39 is 0 Å². The number of amides is 1. The summed E-state index contributed by atoms with van der Waals surface area (Å²) in [6.07, 6.45) is 3.38. The molecule has 1 aromatic rings. The van der Waals surface area contributed by atoms with E-state index in [4.69, 9.17) is 0 Å². The first kappa shape index (κ1) is 15.8. The molecule has 0 bridgehead atoms. The van der Waals surface area contributed by atoms with Crippen molar-refractivity contribution in [2.45, 2.75) is 26.2 Å². The average molecular weight is 386 g/mol. The maximum absolute atomic E-state index is 12.7. The quantitative estimate of drug-likeness (QED) is 0.789. The Morgan fingerprint density at radius 3 is 2.80 bits per heavy atom. The maximum atomic E-state index is 12.7. The zero-order valence-corrected chi connectivity index (χ0v) is 14.2. The molecule has 0 saturated carbocycles. The molecule has 0 spiro atoms. The molecule has 1 amide bonds. The fraction of sp³-hybridized carbons (Fsp3) is 0.562. The Labute approximate surface area is 135 Å². The van der Waals surface area contributed by atoms with Gasteiger partial charge in [-0.2, -0.15) is 0 Å². The number of rotatable bonds is 5. The molecule has 0 aromatic heterocycles. The van der Waals surface area contributed by atoms with E-state index in [0.29, 0.717) is 5.92 Å². The van der Waals surface area contributed by atoms with Crippen molar-refractivity contribution >= 4 is 28.5 Å². The molecule has 20 heavy (non-hydrogen) atoms. The van der Waals surface area contributed by atoms with Crippen LogP contribution >= 0.6 is 22.6 Å². The molecule has 1 N–H and O–H groups in total. The summed E-state index contributed by atoms with van der Waals surface area (Å²) < 4.78 is 1.12. The molecule has 3 nitrogen and oxygen atoms in total. The number of hydrogen-bond donors (Lipinski definition) is 1. The van der Waals surface area contributed by atoms with Crippen molar-refractivity contribution in [1.29, 1.82) is 0 Å². The lowest BCUT2D eigenvalue weighted by Crippen LogP contribution is -2.39. The van der Waals surface area contributed by atoms with Crippen molar-refractivity contribution in [3.63, 3.8) is 0 Å². The van der Waals surface area contributed by atoms with Gasteiger partial charge in [-0.1, -0.05) is 13.0 Å². The predicted octanol–water partition coefficient (Wildman–Crippen LogP) is 3.14. The lowest BCUT2D eigenvalue weighted by Gasteiger charge is -2.30. The first-order valence-electron chi connectivity index (χ1n) is 7.46. The van der Waals surface area contributed by atoms with Crippen LogP contribution in [0, 0.1) is 9.49 Å². The molecule has 110 valence electrons. The summed E-state index contributed by atoms with van der Waals surface area (Å²) in [5.41, 5.74) is 0.819. The number of benzene rings is 1. The molecule has 1 aliphatic rings. The molecule has 1 fully saturated rings. The highest BCUT2D eigenvalue weighted by molar-refractivity contribution is 14.1. The van der Waals surface area contributed by atoms with Crippen LogP contribution in [0.5, 0.6) is 0 Å². The Balaban J connectivity index is 2.04. The third kappa shape index (κ3) is 4.45. The molecule has 1 aromatic carbocycles. The Kier molecular flexibility index (Phi) is 6.29. The zero-order chi connectivity index (χ0) is 14.4. The molecule has 0 unspecified atom stereocenters. The Morgan fingerprint density at radius 1 is 1.40 bits per heavy atom. The van der Waals surface area contributed by atoms with Gasteiger partial charge in [0.15, 0.2) is 0 Å². The number of hydrogen-bond acceptors (Lipinski definition) is 2. The molecule has 1 aliphatic heterocycles. The molecule has 1 heterocycles. The van der Waals surface area contributed by atoms with E-state index in [-0.39, 0.29) is 5.91 Å². The number of nitrogens with zero attached hydrogens (tertiary/aromatic N) is 1. The van der Waals surface area contributed by atoms with E-state index >= 15 is 0 Å². The van der Waals surface area contributed by atoms with E-state index in [1.54, 1.807) is 0 Å². The number of nitrogens with one attached hydrogen (secondary N) is 1. The molecule has 4 heteroatoms. The van der Waals surface area contributed by atoms with Gasteiger partial charge in [-0.15, -0.1) is 0 Å². The molecule has 0 atom stereocenters. The molecule has 1 saturated heterocycles. The van der Waals surface area contributed by atoms with Crippen LogP contribution in [0.1, 0.15) is 36.5 Å². The molecule has 2 rings (SSSR count). The van der Waals surface area contributed by atoms with Crippen molar-refractivity contribution in [1.82, 2.24) is 10.2 Å². The van der Waals surface area contributed by atoms with E-state index in [1.165, 1.54) is 12.8 Å². The van der Waals surface area contributed by atoms with Crippen LogP contribution in [0.15, 0.2) is 24.3 Å². The second-order valence-corrected chi connectivity index (χ2v) is 6.70. The Morgan fingerprint density at radius 2 is 2.15 bits per heavy atom. The van der Waals surface area contributed by atoms with E-state index in [2.05, 4.69) is 34.8 Å². The number of carbonyl (C=O) groups is 1. The van der Waals surface area contributed by atoms with Crippen LogP contribution in [-0.4, -0.2) is 37.0 Å². The predicted molar refractivity (Wildman–Crippen MR) is 90.9 cm³/mol. The van der Waals surface area contributed by atoms with Crippen LogP contribution in [0.4, 0.5) is 0 Å². The minimum absolute atomic E-state index is 0.184. The summed E-state index contributed by atoms with van der Waals surface area (Å²) in [6.45, 7) is 6.07. The van der Waals surface area contributed by atoms with Crippen molar-refractivity contribution in [3.05, 3.63) is 33.4 Å². The van der Waals surface area contributed by atoms with Crippen LogP contribution < -0.4 is 5.32 Å². The topological polar surface area (TPSA) is 32.3 Å². The van der Waals surface area contributed by atoms with E-state index in [1.807, 2.05) is 29.2 Å². The van der Waals surface area contributed by atoms with Crippen LogP contribution in [0.2, 0.25) is 0 Å². The van der Waals surface area contributed by atoms with Gasteiger partial charge >= 0.3 is 0 Å². The highest BCUT2D eigenvalue weighted by atomic mass is 127. The standard InChI is InChI=1S/C16H23IN2O/c1-2-10-19(12-13-6-8-18-9-7-13)16(20)14-4-3-5-15(17)11-14/h3-5,11,13,18H,2,6-10,12H2,1H3. The minimum Gasteiger partial charge on any atom is -0.338 e. The number of halogens is 1. The Hall–Kier alpha value is -0.620. The summed E-state index contributed by atoms with van der Waals surface area (Å²) in [7, 11) is 0. The van der Waals surface area contributed by atoms with E-state index in [9.17, 15) is 4.79 Å². The molecular weight excluding hydrogens is 363 g/mol. The second-order valence-electron chi connectivity index (χ2n) is 5.45. The van der Waals surface area contributed by atoms with Gasteiger partial charge in [0.2, 0.25) is 0 Å². The van der Waals surface area contributed by atoms with E-state index in [0.717, 1.165) is 41.7 Å². The lowest BCUT2D eigenvalue weighted by molar-refractivity contribution is 0.0716. The Bertz CT molecular complexity index is 444. The van der Waals surface area contributed by atoms with Gasteiger partial charge in [-0.05, 0) is 79.1 Å². The lowest BCUT2D eigenvalue weighted by atomic mass is 9.97. The van der Waals surface area contributed by atoms with Gasteiger partial charge in [0.25, 0.3) is 5.91 Å². The fourth-order valence-electron chi connectivity index (χ4n) is 2.73. The van der Waals surface area contributed by atoms with Crippen molar-refractivity contribution < 1.29 is 4.79 Å². The van der Waals surface area contributed by atoms with Crippen molar-refractivity contribution in [3.8, 4) is 0 Å². The minimum atomic E-state index is 0.184. The molecular formula is C16H23IN2O. The van der Waals surface area contributed by atoms with Gasteiger partial charge < -0.3 is 10.2 Å². The summed E-state index contributed by atoms with van der Waals surface area (Å²) in [5, 5.41) is 3.38. The average Bonchev–Trinajstić information content (AvgIpc) is 2.47. The smallest absolute Gasteiger partial charge is 0.253 e. The highest BCUT2D eigenvalue weighted by Gasteiger charge is 2.21. The fourth-order valence-corrected chi connectivity index (χ4v) is 3.27. The first-order valence-corrected chi connectivity index (χ1v) is 8.54. The summed E-state index contributed by atoms with van der Waals surface area (Å²) in [5.74, 6) is 0.832. The second kappa shape index (κ2) is 7.98. The third-order valence-corrected chi connectivity index (χ3v) is 4.46. The summed E-state index contributed by atoms with van der Waals surface area (Å²) in [6, 6.07) is 7.89. The van der Waals surface area contributed by atoms with Gasteiger partial charge in [0, 0.05) is 22.2 Å². The van der Waals surface area contributed by atoms with Crippen molar-refractivity contribution in [2.24, 2.45) is 5.92 Å². The van der Waals surface area contributed by atoms with Crippen LogP contribution in [0.3, 0.4) is 0 Å². The first-order chi connectivity index (χ1) is 9.70. The van der Waals surface area contributed by atoms with Crippen molar-refractivity contribution in [2.75, 3.05) is 26.2 Å². The molecule has 0 radical (unpaired) electrons. The van der Waals surface area contributed by atoms with Gasteiger partial charge in [-0.3, -0.25) is 4.79 Å². The SMILES string of the molecule is CCCN(CC1CCNCC1)C(=O)c1cccc(I)c1. The summed E-state index contributed by atoms with van der Waals surface area (Å²) >= 11 is 2.26. The van der Waals surface area contributed by atoms with Crippen LogP contribution in [0.25, 0.3) is 0 Å². The summed E-state index contributed by atoms with van der Waals surface area (Å²) in [4.78, 5) is 14.7. The van der Waals surface area contributed by atoms with Gasteiger partial charge in [-0.25, -0.2) is 0 Å².